The minimum atomic E-state index is -0.217. The van der Waals surface area contributed by atoms with Crippen LogP contribution in [0, 0.1) is 0 Å². The maximum absolute atomic E-state index is 11.8. The molecule has 0 aliphatic heterocycles. The van der Waals surface area contributed by atoms with E-state index in [1.54, 1.807) is 0 Å². The summed E-state index contributed by atoms with van der Waals surface area (Å²) in [6.45, 7) is 0.804. The Kier molecular flexibility index (Phi) is 6.99. The van der Waals surface area contributed by atoms with Gasteiger partial charge in [-0.15, -0.1) is 0 Å². The number of benzene rings is 1. The van der Waals surface area contributed by atoms with Crippen LogP contribution in [0.15, 0.2) is 12.1 Å². The fourth-order valence-electron chi connectivity index (χ4n) is 1.61. The average molecular weight is 305 g/mol. The van der Waals surface area contributed by atoms with Crippen LogP contribution in [0.4, 0.5) is 5.69 Å². The molecule has 4 N–H and O–H groups in total. The van der Waals surface area contributed by atoms with E-state index in [-0.39, 0.29) is 28.2 Å². The van der Waals surface area contributed by atoms with Gasteiger partial charge in [-0.1, -0.05) is 36.0 Å². The van der Waals surface area contributed by atoms with Gasteiger partial charge in [0.1, 0.15) is 0 Å². The molecule has 19 heavy (non-hydrogen) atoms. The second-order valence-corrected chi connectivity index (χ2v) is 5.06. The summed E-state index contributed by atoms with van der Waals surface area (Å²) in [6, 6.07) is 3.01. The molecule has 0 bridgehead atoms. The van der Waals surface area contributed by atoms with E-state index >= 15 is 0 Å². The van der Waals surface area contributed by atoms with Crippen molar-refractivity contribution in [2.24, 2.45) is 0 Å². The Bertz CT molecular complexity index is 416. The van der Waals surface area contributed by atoms with Crippen molar-refractivity contribution in [2.45, 2.75) is 25.7 Å². The molecule has 0 unspecified atom stereocenters. The highest BCUT2D eigenvalue weighted by atomic mass is 35.5. The van der Waals surface area contributed by atoms with Gasteiger partial charge >= 0.3 is 0 Å². The van der Waals surface area contributed by atoms with Crippen LogP contribution in [-0.4, -0.2) is 24.2 Å². The monoisotopic (exact) mass is 304 g/mol. The van der Waals surface area contributed by atoms with Gasteiger partial charge in [0.05, 0.1) is 15.7 Å². The normalized spacial score (nSPS) is 10.5. The van der Waals surface area contributed by atoms with E-state index < -0.39 is 0 Å². The van der Waals surface area contributed by atoms with Gasteiger partial charge in [-0.2, -0.15) is 0 Å². The van der Waals surface area contributed by atoms with E-state index in [0.717, 1.165) is 25.7 Å². The molecule has 0 aliphatic rings. The Morgan fingerprint density at radius 1 is 1.16 bits per heavy atom. The average Bonchev–Trinajstić information content (AvgIpc) is 2.39. The number of carbonyl (C=O) groups excluding carboxylic acids is 1. The summed E-state index contributed by atoms with van der Waals surface area (Å²) in [5.74, 6) is -0.217. The van der Waals surface area contributed by atoms with Crippen LogP contribution in [0.25, 0.3) is 0 Å². The summed E-state index contributed by atoms with van der Waals surface area (Å²) in [6.07, 6.45) is 3.62. The smallest absolute Gasteiger partial charge is 0.251 e. The number of nitrogens with one attached hydrogen (secondary N) is 1. The van der Waals surface area contributed by atoms with Crippen LogP contribution in [0.1, 0.15) is 36.0 Å². The molecule has 6 heteroatoms. The topological polar surface area (TPSA) is 75.4 Å². The summed E-state index contributed by atoms with van der Waals surface area (Å²) < 4.78 is 0. The van der Waals surface area contributed by atoms with Gasteiger partial charge in [0.15, 0.2) is 0 Å². The Morgan fingerprint density at radius 2 is 1.74 bits per heavy atom. The summed E-state index contributed by atoms with van der Waals surface area (Å²) in [5.41, 5.74) is 6.29. The molecule has 106 valence electrons. The molecule has 1 aromatic carbocycles. The Hall–Kier alpha value is -0.970. The predicted octanol–water partition coefficient (Wildman–Crippen LogP) is 2.86. The molecule has 0 saturated carbocycles. The van der Waals surface area contributed by atoms with Crippen molar-refractivity contribution >= 4 is 34.8 Å². The molecular formula is C13H18Cl2N2O2. The van der Waals surface area contributed by atoms with Crippen LogP contribution in [-0.2, 0) is 0 Å². The lowest BCUT2D eigenvalue weighted by atomic mass is 10.1. The third-order valence-electron chi connectivity index (χ3n) is 2.71. The first-order valence-corrected chi connectivity index (χ1v) is 6.95. The number of hydrogen-bond acceptors (Lipinski definition) is 3. The van der Waals surface area contributed by atoms with Gasteiger partial charge in [-0.05, 0) is 25.0 Å². The predicted molar refractivity (Wildman–Crippen MR) is 78.8 cm³/mol. The molecule has 0 saturated heterocycles. The first-order chi connectivity index (χ1) is 9.06. The third kappa shape index (κ3) is 5.27. The Balaban J connectivity index is 2.42. The molecule has 0 aliphatic carbocycles. The van der Waals surface area contributed by atoms with Crippen molar-refractivity contribution in [1.29, 1.82) is 0 Å². The van der Waals surface area contributed by atoms with Crippen molar-refractivity contribution in [3.8, 4) is 0 Å². The van der Waals surface area contributed by atoms with Crippen LogP contribution >= 0.6 is 23.2 Å². The molecule has 0 fully saturated rings. The number of rotatable bonds is 7. The second kappa shape index (κ2) is 8.25. The number of amides is 1. The molecule has 0 atom stereocenters. The lowest BCUT2D eigenvalue weighted by molar-refractivity contribution is 0.0953. The van der Waals surface area contributed by atoms with E-state index in [1.807, 2.05) is 0 Å². The standard InChI is InChI=1S/C13H18Cl2N2O2/c14-10-7-9(8-11(15)12(10)16)13(19)17-5-3-1-2-4-6-18/h7-8,18H,1-6,16H2,(H,17,19). The molecular weight excluding hydrogens is 287 g/mol. The SMILES string of the molecule is Nc1c(Cl)cc(C(=O)NCCCCCCO)cc1Cl. The Morgan fingerprint density at radius 3 is 2.32 bits per heavy atom. The number of halogens is 2. The highest BCUT2D eigenvalue weighted by Gasteiger charge is 2.10. The summed E-state index contributed by atoms with van der Waals surface area (Å²) in [4.78, 5) is 11.8. The number of aliphatic hydroxyl groups is 1. The fourth-order valence-corrected chi connectivity index (χ4v) is 2.10. The van der Waals surface area contributed by atoms with Gasteiger partial charge < -0.3 is 16.2 Å². The van der Waals surface area contributed by atoms with Gasteiger partial charge in [0.2, 0.25) is 0 Å². The van der Waals surface area contributed by atoms with Crippen LogP contribution < -0.4 is 11.1 Å². The van der Waals surface area contributed by atoms with Crippen molar-refractivity contribution in [3.63, 3.8) is 0 Å². The fraction of sp³-hybridized carbons (Fsp3) is 0.462. The molecule has 0 aromatic heterocycles. The van der Waals surface area contributed by atoms with Crippen LogP contribution in [0.3, 0.4) is 0 Å². The molecule has 0 radical (unpaired) electrons. The number of aliphatic hydroxyl groups excluding tert-OH is 1. The maximum atomic E-state index is 11.8. The van der Waals surface area contributed by atoms with Gasteiger partial charge in [0, 0.05) is 18.7 Å². The number of hydrogen-bond donors (Lipinski definition) is 3. The van der Waals surface area contributed by atoms with E-state index in [0.29, 0.717) is 12.1 Å². The minimum absolute atomic E-state index is 0.217. The lowest BCUT2D eigenvalue weighted by Crippen LogP contribution is -2.24. The summed E-state index contributed by atoms with van der Waals surface area (Å²) in [7, 11) is 0. The van der Waals surface area contributed by atoms with E-state index in [1.165, 1.54) is 12.1 Å². The quantitative estimate of drug-likeness (QED) is 0.535. The third-order valence-corrected chi connectivity index (χ3v) is 3.34. The van der Waals surface area contributed by atoms with Gasteiger partial charge in [0.25, 0.3) is 5.91 Å². The molecule has 1 rings (SSSR count). The molecule has 0 spiro atoms. The molecule has 4 nitrogen and oxygen atoms in total. The van der Waals surface area contributed by atoms with Crippen molar-refractivity contribution < 1.29 is 9.90 Å². The zero-order valence-electron chi connectivity index (χ0n) is 10.6. The number of nitrogens with two attached hydrogens (primary N) is 1. The van der Waals surface area contributed by atoms with Crippen molar-refractivity contribution in [3.05, 3.63) is 27.7 Å². The van der Waals surface area contributed by atoms with E-state index in [2.05, 4.69) is 5.32 Å². The van der Waals surface area contributed by atoms with Crippen molar-refractivity contribution in [2.75, 3.05) is 18.9 Å². The maximum Gasteiger partial charge on any atom is 0.251 e. The second-order valence-electron chi connectivity index (χ2n) is 4.25. The minimum Gasteiger partial charge on any atom is -0.396 e. The van der Waals surface area contributed by atoms with E-state index in [9.17, 15) is 4.79 Å². The first kappa shape index (κ1) is 16.1. The number of carbonyl (C=O) groups is 1. The number of unbranched alkanes of at least 4 members (excludes halogenated alkanes) is 3. The van der Waals surface area contributed by atoms with E-state index in [4.69, 9.17) is 34.0 Å². The number of nitrogen functional groups attached to an aromatic ring is 1. The summed E-state index contributed by atoms with van der Waals surface area (Å²) in [5, 5.41) is 12.0. The zero-order chi connectivity index (χ0) is 14.3. The first-order valence-electron chi connectivity index (χ1n) is 6.20. The Labute approximate surface area is 122 Å². The molecule has 1 amide bonds. The van der Waals surface area contributed by atoms with Gasteiger partial charge in [-0.3, -0.25) is 4.79 Å². The number of anilines is 1. The zero-order valence-corrected chi connectivity index (χ0v) is 12.1. The highest BCUT2D eigenvalue weighted by Crippen LogP contribution is 2.28. The van der Waals surface area contributed by atoms with Gasteiger partial charge in [-0.25, -0.2) is 0 Å². The van der Waals surface area contributed by atoms with Crippen LogP contribution in [0.2, 0.25) is 10.0 Å². The lowest BCUT2D eigenvalue weighted by Gasteiger charge is -2.08. The summed E-state index contributed by atoms with van der Waals surface area (Å²) >= 11 is 11.7. The molecule has 1 aromatic rings. The van der Waals surface area contributed by atoms with Crippen LogP contribution in [0.5, 0.6) is 0 Å². The van der Waals surface area contributed by atoms with Crippen molar-refractivity contribution in [1.82, 2.24) is 5.32 Å². The largest absolute Gasteiger partial charge is 0.396 e. The molecule has 0 heterocycles. The highest BCUT2D eigenvalue weighted by molar-refractivity contribution is 6.39.